The van der Waals surface area contributed by atoms with Crippen LogP contribution in [0.25, 0.3) is 22.8 Å². The lowest BCUT2D eigenvalue weighted by molar-refractivity contribution is 1.10. The van der Waals surface area contributed by atoms with E-state index >= 15 is 0 Å². The number of halogens is 1. The minimum atomic E-state index is 0.651. The monoisotopic (exact) mass is 284 g/mol. The van der Waals surface area contributed by atoms with E-state index in [1.54, 1.807) is 0 Å². The highest BCUT2D eigenvalue weighted by Crippen LogP contribution is 2.23. The highest BCUT2D eigenvalue weighted by Gasteiger charge is 2.08. The van der Waals surface area contributed by atoms with Crippen molar-refractivity contribution in [3.05, 3.63) is 53.1 Å². The van der Waals surface area contributed by atoms with Crippen LogP contribution in [-0.2, 0) is 0 Å². The lowest BCUT2D eigenvalue weighted by Gasteiger charge is -2.01. The van der Waals surface area contributed by atoms with Gasteiger partial charge >= 0.3 is 0 Å². The number of aromatic amines is 1. The maximum Gasteiger partial charge on any atom is 0.181 e. The molecule has 0 aliphatic carbocycles. The molecule has 0 saturated heterocycles. The first-order valence-electron chi connectivity index (χ1n) is 6.18. The molecule has 0 aliphatic heterocycles. The zero-order chi connectivity index (χ0) is 14.1. The molecule has 3 aromatic rings. The van der Waals surface area contributed by atoms with Crippen LogP contribution in [0.2, 0.25) is 5.02 Å². The summed E-state index contributed by atoms with van der Waals surface area (Å²) in [4.78, 5) is 4.50. The molecule has 3 rings (SSSR count). The van der Waals surface area contributed by atoms with Crippen LogP contribution >= 0.6 is 11.6 Å². The van der Waals surface area contributed by atoms with E-state index in [1.165, 1.54) is 0 Å². The first-order chi connectivity index (χ1) is 9.63. The summed E-state index contributed by atoms with van der Waals surface area (Å²) >= 11 is 5.87. The molecule has 100 valence electrons. The van der Waals surface area contributed by atoms with E-state index in [0.29, 0.717) is 16.7 Å². The average Bonchev–Trinajstić information content (AvgIpc) is 2.92. The van der Waals surface area contributed by atoms with Gasteiger partial charge in [-0.1, -0.05) is 11.6 Å². The van der Waals surface area contributed by atoms with Gasteiger partial charge in [0.1, 0.15) is 0 Å². The Balaban J connectivity index is 1.97. The second kappa shape index (κ2) is 4.98. The minimum absolute atomic E-state index is 0.651. The van der Waals surface area contributed by atoms with Gasteiger partial charge in [0.05, 0.1) is 0 Å². The van der Waals surface area contributed by atoms with Crippen molar-refractivity contribution in [3.8, 4) is 22.8 Å². The van der Waals surface area contributed by atoms with Crippen LogP contribution in [0.15, 0.2) is 42.5 Å². The standard InChI is InChI=1S/C15H13ClN4/c1-9-8-11(4-7-13(9)17)15-18-14(19-20-15)10-2-5-12(16)6-3-10/h2-8H,17H2,1H3,(H,18,19,20). The van der Waals surface area contributed by atoms with Gasteiger partial charge in [-0.15, -0.1) is 0 Å². The van der Waals surface area contributed by atoms with Gasteiger partial charge in [0.2, 0.25) is 0 Å². The molecule has 4 nitrogen and oxygen atoms in total. The van der Waals surface area contributed by atoms with Crippen molar-refractivity contribution in [3.63, 3.8) is 0 Å². The van der Waals surface area contributed by atoms with E-state index in [0.717, 1.165) is 22.4 Å². The van der Waals surface area contributed by atoms with E-state index in [9.17, 15) is 0 Å². The summed E-state index contributed by atoms with van der Waals surface area (Å²) in [5.74, 6) is 1.36. The number of rotatable bonds is 2. The predicted molar refractivity (Wildman–Crippen MR) is 81.4 cm³/mol. The first kappa shape index (κ1) is 12.7. The Morgan fingerprint density at radius 2 is 1.75 bits per heavy atom. The predicted octanol–water partition coefficient (Wildman–Crippen LogP) is 3.68. The number of nitrogens with two attached hydrogens (primary N) is 1. The fraction of sp³-hybridized carbons (Fsp3) is 0.0667. The number of aryl methyl sites for hydroxylation is 1. The number of nitrogen functional groups attached to an aromatic ring is 1. The van der Waals surface area contributed by atoms with E-state index in [1.807, 2.05) is 49.4 Å². The van der Waals surface area contributed by atoms with Crippen LogP contribution in [0.5, 0.6) is 0 Å². The quantitative estimate of drug-likeness (QED) is 0.705. The van der Waals surface area contributed by atoms with Crippen molar-refractivity contribution in [1.82, 2.24) is 15.2 Å². The second-order valence-electron chi connectivity index (χ2n) is 4.59. The molecule has 0 aliphatic rings. The SMILES string of the molecule is Cc1cc(-c2n[nH]c(-c3ccc(Cl)cc3)n2)ccc1N. The Kier molecular flexibility index (Phi) is 3.16. The molecular formula is C15H13ClN4. The van der Waals surface area contributed by atoms with Gasteiger partial charge in [0.15, 0.2) is 11.6 Å². The van der Waals surface area contributed by atoms with Crippen molar-refractivity contribution < 1.29 is 0 Å². The van der Waals surface area contributed by atoms with E-state index in [2.05, 4.69) is 15.2 Å². The summed E-state index contributed by atoms with van der Waals surface area (Å²) in [6.45, 7) is 1.96. The van der Waals surface area contributed by atoms with E-state index in [-0.39, 0.29) is 0 Å². The van der Waals surface area contributed by atoms with Crippen molar-refractivity contribution in [1.29, 1.82) is 0 Å². The number of nitrogens with one attached hydrogen (secondary N) is 1. The molecule has 2 aromatic carbocycles. The van der Waals surface area contributed by atoms with Gasteiger partial charge < -0.3 is 5.73 Å². The van der Waals surface area contributed by atoms with E-state index < -0.39 is 0 Å². The molecule has 0 amide bonds. The fourth-order valence-electron chi connectivity index (χ4n) is 1.94. The summed E-state index contributed by atoms with van der Waals surface area (Å²) in [7, 11) is 0. The number of aromatic nitrogens is 3. The van der Waals surface area contributed by atoms with E-state index in [4.69, 9.17) is 17.3 Å². The van der Waals surface area contributed by atoms with Crippen LogP contribution in [0.3, 0.4) is 0 Å². The molecule has 0 unspecified atom stereocenters. The molecule has 20 heavy (non-hydrogen) atoms. The highest BCUT2D eigenvalue weighted by molar-refractivity contribution is 6.30. The maximum atomic E-state index is 5.87. The molecular weight excluding hydrogens is 272 g/mol. The van der Waals surface area contributed by atoms with Crippen LogP contribution in [0, 0.1) is 6.92 Å². The van der Waals surface area contributed by atoms with Gasteiger partial charge in [-0.05, 0) is 55.0 Å². The lowest BCUT2D eigenvalue weighted by atomic mass is 10.1. The molecule has 1 aromatic heterocycles. The van der Waals surface area contributed by atoms with Crippen LogP contribution in [0.1, 0.15) is 5.56 Å². The number of anilines is 1. The van der Waals surface area contributed by atoms with Gasteiger partial charge in [-0.3, -0.25) is 5.10 Å². The third-order valence-corrected chi connectivity index (χ3v) is 3.38. The molecule has 0 fully saturated rings. The van der Waals surface area contributed by atoms with Gasteiger partial charge in [-0.25, -0.2) is 4.98 Å². The Bertz CT molecular complexity index is 747. The normalized spacial score (nSPS) is 10.7. The summed E-state index contributed by atoms with van der Waals surface area (Å²) in [6, 6.07) is 13.2. The van der Waals surface area contributed by atoms with Crippen LogP contribution < -0.4 is 5.73 Å². The molecule has 0 atom stereocenters. The summed E-state index contributed by atoms with van der Waals surface area (Å²) in [5.41, 5.74) is 9.48. The van der Waals surface area contributed by atoms with Crippen LogP contribution in [0.4, 0.5) is 5.69 Å². The van der Waals surface area contributed by atoms with Crippen LogP contribution in [-0.4, -0.2) is 15.2 Å². The summed E-state index contributed by atoms with van der Waals surface area (Å²) in [6.07, 6.45) is 0. The zero-order valence-corrected chi connectivity index (χ0v) is 11.6. The van der Waals surface area contributed by atoms with Crippen molar-refractivity contribution in [2.75, 3.05) is 5.73 Å². The number of H-pyrrole nitrogens is 1. The Hall–Kier alpha value is -2.33. The lowest BCUT2D eigenvalue weighted by Crippen LogP contribution is -1.90. The Morgan fingerprint density at radius 1 is 1.05 bits per heavy atom. The third kappa shape index (κ3) is 2.38. The number of nitrogens with zero attached hydrogens (tertiary/aromatic N) is 2. The molecule has 1 heterocycles. The first-order valence-corrected chi connectivity index (χ1v) is 6.56. The number of hydrogen-bond acceptors (Lipinski definition) is 3. The molecule has 0 bridgehead atoms. The van der Waals surface area contributed by atoms with Gasteiger partial charge in [0.25, 0.3) is 0 Å². The summed E-state index contributed by atoms with van der Waals surface area (Å²) < 4.78 is 0. The average molecular weight is 285 g/mol. The van der Waals surface area contributed by atoms with Gasteiger partial charge in [0, 0.05) is 21.8 Å². The van der Waals surface area contributed by atoms with Crippen molar-refractivity contribution in [2.24, 2.45) is 0 Å². The highest BCUT2D eigenvalue weighted by atomic mass is 35.5. The molecule has 0 spiro atoms. The maximum absolute atomic E-state index is 5.87. The van der Waals surface area contributed by atoms with Crippen molar-refractivity contribution in [2.45, 2.75) is 6.92 Å². The zero-order valence-electron chi connectivity index (χ0n) is 10.9. The molecule has 0 saturated carbocycles. The largest absolute Gasteiger partial charge is 0.399 e. The Labute approximate surface area is 121 Å². The smallest absolute Gasteiger partial charge is 0.181 e. The Morgan fingerprint density at radius 3 is 2.45 bits per heavy atom. The fourth-order valence-corrected chi connectivity index (χ4v) is 2.07. The minimum Gasteiger partial charge on any atom is -0.399 e. The number of benzene rings is 2. The number of hydrogen-bond donors (Lipinski definition) is 2. The third-order valence-electron chi connectivity index (χ3n) is 3.13. The van der Waals surface area contributed by atoms with Crippen molar-refractivity contribution >= 4 is 17.3 Å². The van der Waals surface area contributed by atoms with Gasteiger partial charge in [-0.2, -0.15) is 5.10 Å². The molecule has 0 radical (unpaired) electrons. The molecule has 5 heteroatoms. The second-order valence-corrected chi connectivity index (χ2v) is 5.02. The molecule has 3 N–H and O–H groups in total. The summed E-state index contributed by atoms with van der Waals surface area (Å²) in [5, 5.41) is 7.88. The topological polar surface area (TPSA) is 67.6 Å².